The number of rotatable bonds is 4. The largest absolute Gasteiger partial charge is 0.477 e. The van der Waals surface area contributed by atoms with Crippen LogP contribution >= 0.6 is 23.2 Å². The monoisotopic (exact) mass is 416 g/mol. The molecule has 0 fully saturated rings. The lowest BCUT2D eigenvalue weighted by molar-refractivity contribution is 0.0689. The van der Waals surface area contributed by atoms with Crippen LogP contribution in [0.4, 0.5) is 0 Å². The van der Waals surface area contributed by atoms with E-state index in [9.17, 15) is 14.4 Å². The summed E-state index contributed by atoms with van der Waals surface area (Å²) in [6.45, 7) is 1.56. The third-order valence-electron chi connectivity index (χ3n) is 3.62. The number of carbonyl (C=O) groups is 3. The maximum atomic E-state index is 10.7. The molecule has 142 valence electrons. The van der Waals surface area contributed by atoms with Gasteiger partial charge >= 0.3 is 5.97 Å². The predicted octanol–water partition coefficient (Wildman–Crippen LogP) is 4.77. The average Bonchev–Trinajstić information content (AvgIpc) is 2.70. The number of aromatic nitrogens is 2. The molecule has 3 rings (SSSR count). The van der Waals surface area contributed by atoms with Crippen LogP contribution in [0.1, 0.15) is 36.8 Å². The van der Waals surface area contributed by atoms with Crippen LogP contribution in [-0.4, -0.2) is 33.6 Å². The zero-order chi connectivity index (χ0) is 20.7. The smallest absolute Gasteiger partial charge is 0.354 e. The minimum atomic E-state index is -1.16. The van der Waals surface area contributed by atoms with Crippen molar-refractivity contribution in [3.8, 4) is 11.1 Å². The Balaban J connectivity index is 0.000000203. The lowest BCUT2D eigenvalue weighted by Crippen LogP contribution is -2.05. The number of aromatic carboxylic acids is 1. The van der Waals surface area contributed by atoms with Crippen LogP contribution in [0.2, 0.25) is 10.3 Å². The van der Waals surface area contributed by atoms with Gasteiger partial charge in [0.05, 0.1) is 11.1 Å². The minimum absolute atomic E-state index is 0.0852. The number of pyridine rings is 2. The molecule has 0 amide bonds. The van der Waals surface area contributed by atoms with Crippen LogP contribution in [0.25, 0.3) is 11.1 Å². The SMILES string of the molecule is Cc1cc(C=O)c(Cl)nc1C(=O)O.O=Cc1cc(-c2ccccc2)cnc1Cl. The van der Waals surface area contributed by atoms with E-state index in [0.29, 0.717) is 23.7 Å². The highest BCUT2D eigenvalue weighted by molar-refractivity contribution is 6.32. The van der Waals surface area contributed by atoms with Crippen LogP contribution in [0.5, 0.6) is 0 Å². The highest BCUT2D eigenvalue weighted by Gasteiger charge is 2.12. The molecule has 0 aliphatic heterocycles. The van der Waals surface area contributed by atoms with Crippen LogP contribution in [-0.2, 0) is 0 Å². The Labute approximate surface area is 170 Å². The maximum Gasteiger partial charge on any atom is 0.354 e. The summed E-state index contributed by atoms with van der Waals surface area (Å²) in [4.78, 5) is 39.2. The fraction of sp³-hybridized carbons (Fsp3) is 0.0500. The minimum Gasteiger partial charge on any atom is -0.477 e. The molecule has 0 radical (unpaired) electrons. The quantitative estimate of drug-likeness (QED) is 0.485. The molecule has 0 unspecified atom stereocenters. The van der Waals surface area contributed by atoms with Gasteiger partial charge in [0.15, 0.2) is 18.3 Å². The number of aryl methyl sites for hydroxylation is 1. The van der Waals surface area contributed by atoms with Gasteiger partial charge in [-0.15, -0.1) is 0 Å². The number of carbonyl (C=O) groups excluding carboxylic acids is 2. The molecule has 0 saturated carbocycles. The second kappa shape index (κ2) is 9.73. The number of nitrogens with zero attached hydrogens (tertiary/aromatic N) is 2. The van der Waals surface area contributed by atoms with Gasteiger partial charge < -0.3 is 5.11 Å². The highest BCUT2D eigenvalue weighted by atomic mass is 35.5. The van der Waals surface area contributed by atoms with Crippen molar-refractivity contribution in [2.24, 2.45) is 0 Å². The summed E-state index contributed by atoms with van der Waals surface area (Å²) in [5.41, 5.74) is 2.81. The van der Waals surface area contributed by atoms with Crippen molar-refractivity contribution >= 4 is 41.7 Å². The molecule has 0 bridgehead atoms. The van der Waals surface area contributed by atoms with Gasteiger partial charge in [-0.2, -0.15) is 0 Å². The van der Waals surface area contributed by atoms with Crippen molar-refractivity contribution in [1.82, 2.24) is 9.97 Å². The van der Waals surface area contributed by atoms with Crippen molar-refractivity contribution in [1.29, 1.82) is 0 Å². The molecule has 0 aliphatic rings. The number of hydrogen-bond donors (Lipinski definition) is 1. The van der Waals surface area contributed by atoms with Crippen LogP contribution in [0, 0.1) is 6.92 Å². The molecule has 0 atom stereocenters. The number of hydrogen-bond acceptors (Lipinski definition) is 5. The van der Waals surface area contributed by atoms with E-state index in [2.05, 4.69) is 9.97 Å². The lowest BCUT2D eigenvalue weighted by Gasteiger charge is -2.02. The Morgan fingerprint density at radius 1 is 0.964 bits per heavy atom. The van der Waals surface area contributed by atoms with E-state index in [-0.39, 0.29) is 21.6 Å². The van der Waals surface area contributed by atoms with Crippen molar-refractivity contribution in [2.45, 2.75) is 6.92 Å². The Morgan fingerprint density at radius 3 is 2.14 bits per heavy atom. The Bertz CT molecular complexity index is 1020. The number of carboxylic acid groups (broad SMARTS) is 1. The third kappa shape index (κ3) is 5.22. The molecule has 1 N–H and O–H groups in total. The Hall–Kier alpha value is -3.09. The van der Waals surface area contributed by atoms with E-state index in [1.165, 1.54) is 6.07 Å². The third-order valence-corrected chi connectivity index (χ3v) is 4.24. The summed E-state index contributed by atoms with van der Waals surface area (Å²) in [7, 11) is 0. The summed E-state index contributed by atoms with van der Waals surface area (Å²) >= 11 is 11.3. The standard InChI is InChI=1S/C12H8ClNO.C8H6ClNO3/c13-12-11(8-15)6-10(7-14-12)9-4-2-1-3-5-9;1-4-2-5(3-11)7(9)10-6(4)8(12)13/h1-8H;2-3H,1H3,(H,12,13). The van der Waals surface area contributed by atoms with Crippen molar-refractivity contribution in [3.63, 3.8) is 0 Å². The zero-order valence-electron chi connectivity index (χ0n) is 14.6. The highest BCUT2D eigenvalue weighted by Crippen LogP contribution is 2.21. The molecule has 1 aromatic carbocycles. The van der Waals surface area contributed by atoms with Gasteiger partial charge in [-0.3, -0.25) is 9.59 Å². The Kier molecular flexibility index (Phi) is 7.37. The van der Waals surface area contributed by atoms with Gasteiger partial charge in [0.25, 0.3) is 0 Å². The number of aldehydes is 2. The first-order chi connectivity index (χ1) is 13.4. The summed E-state index contributed by atoms with van der Waals surface area (Å²) in [6, 6.07) is 12.9. The van der Waals surface area contributed by atoms with E-state index in [4.69, 9.17) is 28.3 Å². The molecule has 3 aromatic rings. The van der Waals surface area contributed by atoms with Crippen molar-refractivity contribution in [2.75, 3.05) is 0 Å². The number of carboxylic acids is 1. The molecular weight excluding hydrogens is 403 g/mol. The Morgan fingerprint density at radius 2 is 1.57 bits per heavy atom. The molecule has 2 aromatic heterocycles. The van der Waals surface area contributed by atoms with Crippen LogP contribution in [0.3, 0.4) is 0 Å². The summed E-state index contributed by atoms with van der Waals surface area (Å²) < 4.78 is 0. The summed E-state index contributed by atoms with van der Waals surface area (Å²) in [5.74, 6) is -1.16. The van der Waals surface area contributed by atoms with Gasteiger partial charge in [0.2, 0.25) is 0 Å². The van der Waals surface area contributed by atoms with E-state index in [0.717, 1.165) is 11.1 Å². The molecular formula is C20H14Cl2N2O4. The van der Waals surface area contributed by atoms with E-state index in [1.807, 2.05) is 30.3 Å². The second-order valence-corrected chi connectivity index (χ2v) is 6.26. The van der Waals surface area contributed by atoms with Crippen LogP contribution in [0.15, 0.2) is 48.7 Å². The molecule has 0 aliphatic carbocycles. The second-order valence-electron chi connectivity index (χ2n) is 5.54. The molecule has 8 heteroatoms. The number of halogens is 2. The number of benzene rings is 1. The van der Waals surface area contributed by atoms with Gasteiger partial charge in [0.1, 0.15) is 10.3 Å². The van der Waals surface area contributed by atoms with E-state index in [1.54, 1.807) is 19.2 Å². The van der Waals surface area contributed by atoms with Crippen molar-refractivity contribution in [3.05, 3.63) is 81.4 Å². The average molecular weight is 417 g/mol. The first-order valence-electron chi connectivity index (χ1n) is 7.89. The molecule has 28 heavy (non-hydrogen) atoms. The topological polar surface area (TPSA) is 97.2 Å². The van der Waals surface area contributed by atoms with Gasteiger partial charge in [-0.05, 0) is 30.2 Å². The predicted molar refractivity (Wildman–Crippen MR) is 106 cm³/mol. The molecule has 0 spiro atoms. The fourth-order valence-corrected chi connectivity index (χ4v) is 2.58. The first-order valence-corrected chi connectivity index (χ1v) is 8.64. The molecule has 2 heterocycles. The van der Waals surface area contributed by atoms with Gasteiger partial charge in [-0.25, -0.2) is 14.8 Å². The van der Waals surface area contributed by atoms with Crippen LogP contribution < -0.4 is 0 Å². The van der Waals surface area contributed by atoms with Crippen molar-refractivity contribution < 1.29 is 19.5 Å². The zero-order valence-corrected chi connectivity index (χ0v) is 16.1. The molecule has 6 nitrogen and oxygen atoms in total. The maximum absolute atomic E-state index is 10.7. The lowest BCUT2D eigenvalue weighted by atomic mass is 10.1. The molecule has 0 saturated heterocycles. The van der Waals surface area contributed by atoms with Gasteiger partial charge in [0, 0.05) is 11.8 Å². The fourth-order valence-electron chi connectivity index (χ4n) is 2.25. The summed E-state index contributed by atoms with van der Waals surface area (Å²) in [6.07, 6.45) is 2.90. The first kappa shape index (κ1) is 21.2. The van der Waals surface area contributed by atoms with E-state index < -0.39 is 5.97 Å². The van der Waals surface area contributed by atoms with E-state index >= 15 is 0 Å². The van der Waals surface area contributed by atoms with Gasteiger partial charge in [-0.1, -0.05) is 53.5 Å². The normalized spacial score (nSPS) is 9.82. The summed E-state index contributed by atoms with van der Waals surface area (Å²) in [5, 5.41) is 8.80.